The van der Waals surface area contributed by atoms with Crippen LogP contribution >= 0.6 is 0 Å². The molecule has 0 saturated carbocycles. The molecule has 2 aliphatic rings. The standard InChI is InChI=1S/C61H42N2OSi/c1-65(2)58-29-13-10-25-51(58)61(50-24-9-6-20-44(50)48-23-14-16-39-17-15-26-53(61)60(39)48)52-34-31-43(38-59(52)65)62(40-18-4-3-5-19-40)42-30-33-46-45-21-7-11-27-54(45)63(55(46)37-42)41-32-35-57-49(36-41)47-22-8-12-28-56(47)64-57/h3-38H,1-2H3. The fraction of sp³-hybridized carbons (Fsp3) is 0.0492. The maximum Gasteiger partial charge on any atom is 0.135 e. The van der Waals surface area contributed by atoms with E-state index < -0.39 is 13.5 Å². The van der Waals surface area contributed by atoms with Gasteiger partial charge in [0.15, 0.2) is 0 Å². The zero-order chi connectivity index (χ0) is 43.0. The maximum absolute atomic E-state index is 6.29. The van der Waals surface area contributed by atoms with Crippen LogP contribution in [0.1, 0.15) is 22.3 Å². The van der Waals surface area contributed by atoms with Gasteiger partial charge in [-0.2, -0.15) is 0 Å². The highest BCUT2D eigenvalue weighted by Crippen LogP contribution is 2.56. The second-order valence-corrected chi connectivity index (χ2v) is 22.7. The molecule has 3 nitrogen and oxygen atoms in total. The summed E-state index contributed by atoms with van der Waals surface area (Å²) in [5, 5.41) is 10.3. The van der Waals surface area contributed by atoms with Crippen molar-refractivity contribution in [2.24, 2.45) is 0 Å². The summed E-state index contributed by atoms with van der Waals surface area (Å²) in [4.78, 5) is 2.47. The van der Waals surface area contributed by atoms with Crippen molar-refractivity contribution in [2.75, 3.05) is 4.90 Å². The third-order valence-corrected chi connectivity index (χ3v) is 18.4. The number of furan rings is 1. The molecule has 65 heavy (non-hydrogen) atoms. The molecule has 1 aliphatic carbocycles. The Kier molecular flexibility index (Phi) is 7.48. The summed E-state index contributed by atoms with van der Waals surface area (Å²) in [6.45, 7) is 5.12. The van der Waals surface area contributed by atoms with Gasteiger partial charge in [0.05, 0.1) is 16.4 Å². The van der Waals surface area contributed by atoms with Gasteiger partial charge in [-0.25, -0.2) is 0 Å². The van der Waals surface area contributed by atoms with Gasteiger partial charge in [0.2, 0.25) is 0 Å². The van der Waals surface area contributed by atoms with E-state index in [0.717, 1.165) is 50.2 Å². The summed E-state index contributed by atoms with van der Waals surface area (Å²) in [6, 6.07) is 81.5. The van der Waals surface area contributed by atoms with Gasteiger partial charge < -0.3 is 13.9 Å². The number of rotatable bonds is 4. The summed E-state index contributed by atoms with van der Waals surface area (Å²) in [5.74, 6) is 0. The summed E-state index contributed by atoms with van der Waals surface area (Å²) >= 11 is 0. The predicted molar refractivity (Wildman–Crippen MR) is 274 cm³/mol. The number of anilines is 3. The second-order valence-electron chi connectivity index (χ2n) is 18.4. The minimum atomic E-state index is -2.31. The van der Waals surface area contributed by atoms with Gasteiger partial charge >= 0.3 is 0 Å². The fourth-order valence-corrected chi connectivity index (χ4v) is 15.3. The summed E-state index contributed by atoms with van der Waals surface area (Å²) < 4.78 is 8.72. The van der Waals surface area contributed by atoms with Gasteiger partial charge in [-0.15, -0.1) is 0 Å². The minimum Gasteiger partial charge on any atom is -0.456 e. The molecule has 1 aliphatic heterocycles. The number of hydrogen-bond donors (Lipinski definition) is 0. The van der Waals surface area contributed by atoms with Crippen LogP contribution in [0.2, 0.25) is 13.1 Å². The minimum absolute atomic E-state index is 0.490. The van der Waals surface area contributed by atoms with Crippen molar-refractivity contribution in [3.63, 3.8) is 0 Å². The molecule has 4 heteroatoms. The molecule has 0 saturated heterocycles. The molecule has 0 bridgehead atoms. The van der Waals surface area contributed by atoms with E-state index in [0.29, 0.717) is 0 Å². The van der Waals surface area contributed by atoms with Crippen molar-refractivity contribution in [1.82, 2.24) is 4.57 Å². The molecule has 14 rings (SSSR count). The number of nitrogens with zero attached hydrogens (tertiary/aromatic N) is 2. The first-order chi connectivity index (χ1) is 32.0. The number of para-hydroxylation sites is 3. The van der Waals surface area contributed by atoms with Crippen LogP contribution in [0, 0.1) is 0 Å². The van der Waals surface area contributed by atoms with Gasteiger partial charge in [-0.1, -0.05) is 165 Å². The van der Waals surface area contributed by atoms with Gasteiger partial charge in [-0.3, -0.25) is 0 Å². The van der Waals surface area contributed by atoms with E-state index in [1.54, 1.807) is 0 Å². The topological polar surface area (TPSA) is 21.3 Å². The molecule has 1 atom stereocenters. The molecule has 12 aromatic rings. The summed E-state index contributed by atoms with van der Waals surface area (Å²) in [5.41, 5.74) is 16.3. The first kappa shape index (κ1) is 36.5. The monoisotopic (exact) mass is 846 g/mol. The molecule has 2 aromatic heterocycles. The van der Waals surface area contributed by atoms with Crippen molar-refractivity contribution in [3.8, 4) is 16.8 Å². The van der Waals surface area contributed by atoms with Gasteiger partial charge in [0.25, 0.3) is 0 Å². The molecule has 306 valence electrons. The van der Waals surface area contributed by atoms with Crippen LogP contribution in [0.4, 0.5) is 17.1 Å². The highest BCUT2D eigenvalue weighted by Gasteiger charge is 2.52. The molecule has 0 radical (unpaired) electrons. The van der Waals surface area contributed by atoms with E-state index >= 15 is 0 Å². The van der Waals surface area contributed by atoms with Crippen molar-refractivity contribution >= 4 is 90.0 Å². The van der Waals surface area contributed by atoms with E-state index in [4.69, 9.17) is 4.42 Å². The molecule has 10 aromatic carbocycles. The van der Waals surface area contributed by atoms with Crippen LogP contribution in [-0.2, 0) is 5.41 Å². The van der Waals surface area contributed by atoms with Crippen LogP contribution in [0.25, 0.3) is 71.3 Å². The molecular weight excluding hydrogens is 805 g/mol. The Bertz CT molecular complexity index is 3950. The van der Waals surface area contributed by atoms with Crippen LogP contribution in [0.15, 0.2) is 223 Å². The Labute approximate surface area is 378 Å². The number of fused-ring (bicyclic) bond motifs is 14. The fourth-order valence-electron chi connectivity index (χ4n) is 12.1. The Hall–Kier alpha value is -7.92. The predicted octanol–water partition coefficient (Wildman–Crippen LogP) is 14.8. The Morgan fingerprint density at radius 3 is 1.95 bits per heavy atom. The van der Waals surface area contributed by atoms with Crippen LogP contribution in [0.3, 0.4) is 0 Å². The smallest absolute Gasteiger partial charge is 0.135 e. The Morgan fingerprint density at radius 1 is 0.415 bits per heavy atom. The van der Waals surface area contributed by atoms with E-state index in [1.165, 1.54) is 70.8 Å². The number of hydrogen-bond acceptors (Lipinski definition) is 2. The van der Waals surface area contributed by atoms with Crippen molar-refractivity contribution in [3.05, 3.63) is 241 Å². The lowest BCUT2D eigenvalue weighted by Crippen LogP contribution is -2.63. The zero-order valence-electron chi connectivity index (χ0n) is 36.1. The SMILES string of the molecule is C[Si]1(C)c2ccccc2C2(c3ccccc3-c3cccc4cccc2c34)c2ccc(N(c3ccccc3)c3ccc4c5ccccc5n(-c5ccc6oc7ccccc7c6c5)c4c3)cc21. The van der Waals surface area contributed by atoms with E-state index in [2.05, 4.69) is 235 Å². The van der Waals surface area contributed by atoms with Crippen LogP contribution in [0.5, 0.6) is 0 Å². The summed E-state index contributed by atoms with van der Waals surface area (Å²) in [7, 11) is -2.31. The first-order valence-corrected chi connectivity index (χ1v) is 25.7. The van der Waals surface area contributed by atoms with Gasteiger partial charge in [0.1, 0.15) is 19.2 Å². The Morgan fingerprint density at radius 2 is 1.06 bits per heavy atom. The third-order valence-electron chi connectivity index (χ3n) is 14.8. The normalized spacial score (nSPS) is 15.7. The average molecular weight is 847 g/mol. The number of aromatic nitrogens is 1. The van der Waals surface area contributed by atoms with Gasteiger partial charge in [0, 0.05) is 44.3 Å². The lowest BCUT2D eigenvalue weighted by molar-refractivity contribution is 0.669. The van der Waals surface area contributed by atoms with Crippen molar-refractivity contribution in [1.29, 1.82) is 0 Å². The number of benzene rings is 10. The zero-order valence-corrected chi connectivity index (χ0v) is 37.1. The van der Waals surface area contributed by atoms with Gasteiger partial charge in [-0.05, 0) is 121 Å². The van der Waals surface area contributed by atoms with Crippen molar-refractivity contribution < 1.29 is 4.42 Å². The van der Waals surface area contributed by atoms with Crippen LogP contribution < -0.4 is 15.3 Å². The van der Waals surface area contributed by atoms with Crippen LogP contribution in [-0.4, -0.2) is 12.6 Å². The molecule has 0 amide bonds. The largest absolute Gasteiger partial charge is 0.456 e. The first-order valence-electron chi connectivity index (χ1n) is 22.7. The maximum atomic E-state index is 6.29. The molecule has 1 spiro atoms. The summed E-state index contributed by atoms with van der Waals surface area (Å²) in [6.07, 6.45) is 0. The van der Waals surface area contributed by atoms with E-state index in [9.17, 15) is 0 Å². The lowest BCUT2D eigenvalue weighted by atomic mass is 9.59. The highest BCUT2D eigenvalue weighted by atomic mass is 28.3. The molecule has 0 fully saturated rings. The third kappa shape index (κ3) is 4.89. The Balaban J connectivity index is 1.03. The van der Waals surface area contributed by atoms with E-state index in [1.807, 2.05) is 6.07 Å². The lowest BCUT2D eigenvalue weighted by Gasteiger charge is -2.50. The molecular formula is C61H42N2OSi. The van der Waals surface area contributed by atoms with E-state index in [-0.39, 0.29) is 0 Å². The molecule has 3 heterocycles. The molecule has 0 N–H and O–H groups in total. The van der Waals surface area contributed by atoms with Crippen molar-refractivity contribution in [2.45, 2.75) is 18.5 Å². The highest BCUT2D eigenvalue weighted by molar-refractivity contribution is 7.01. The molecule has 1 unspecified atom stereocenters. The second kappa shape index (κ2) is 13.3. The average Bonchev–Trinajstić information content (AvgIpc) is 3.90. The quantitative estimate of drug-likeness (QED) is 0.165.